The molecule has 0 heterocycles. The highest BCUT2D eigenvalue weighted by Gasteiger charge is 2.15. The Balaban J connectivity index is 3.99. The first-order valence-electron chi connectivity index (χ1n) is 6.91. The fraction of sp³-hybridized carbons (Fsp3) is 1.00. The maximum atomic E-state index is 3.84. The number of hydrogen-bond acceptors (Lipinski definition) is 1. The van der Waals surface area contributed by atoms with Gasteiger partial charge in [0, 0.05) is 12.1 Å². The fourth-order valence-corrected chi connectivity index (χ4v) is 2.19. The SMILES string of the molecule is CCCCC(CCC)NC(CC)C(C)C. The van der Waals surface area contributed by atoms with Gasteiger partial charge in [0.25, 0.3) is 0 Å². The van der Waals surface area contributed by atoms with Gasteiger partial charge in [0.1, 0.15) is 0 Å². The van der Waals surface area contributed by atoms with Crippen LogP contribution in [-0.2, 0) is 0 Å². The summed E-state index contributed by atoms with van der Waals surface area (Å²) in [6.07, 6.45) is 7.93. The molecule has 0 saturated heterocycles. The van der Waals surface area contributed by atoms with Crippen molar-refractivity contribution in [1.82, 2.24) is 5.32 Å². The van der Waals surface area contributed by atoms with Crippen LogP contribution in [0.5, 0.6) is 0 Å². The molecule has 0 aromatic rings. The third-order valence-electron chi connectivity index (χ3n) is 3.24. The molecule has 0 saturated carbocycles. The van der Waals surface area contributed by atoms with Crippen molar-refractivity contribution in [2.45, 2.75) is 85.2 Å². The first-order valence-corrected chi connectivity index (χ1v) is 6.91. The van der Waals surface area contributed by atoms with Gasteiger partial charge < -0.3 is 5.32 Å². The number of nitrogens with one attached hydrogen (secondary N) is 1. The van der Waals surface area contributed by atoms with E-state index in [-0.39, 0.29) is 0 Å². The molecule has 0 bridgehead atoms. The molecule has 1 N–H and O–H groups in total. The van der Waals surface area contributed by atoms with Gasteiger partial charge in [0.15, 0.2) is 0 Å². The van der Waals surface area contributed by atoms with E-state index in [0.717, 1.165) is 12.0 Å². The average Bonchev–Trinajstić information content (AvgIpc) is 2.21. The van der Waals surface area contributed by atoms with Gasteiger partial charge in [-0.3, -0.25) is 0 Å². The molecule has 0 spiro atoms. The Morgan fingerprint density at radius 2 is 1.60 bits per heavy atom. The molecule has 2 atom stereocenters. The van der Waals surface area contributed by atoms with Crippen molar-refractivity contribution in [2.24, 2.45) is 5.92 Å². The summed E-state index contributed by atoms with van der Waals surface area (Å²) < 4.78 is 0. The summed E-state index contributed by atoms with van der Waals surface area (Å²) >= 11 is 0. The lowest BCUT2D eigenvalue weighted by atomic mass is 9.97. The van der Waals surface area contributed by atoms with Gasteiger partial charge in [0.05, 0.1) is 0 Å². The summed E-state index contributed by atoms with van der Waals surface area (Å²) in [4.78, 5) is 0. The van der Waals surface area contributed by atoms with Crippen LogP contribution in [-0.4, -0.2) is 12.1 Å². The van der Waals surface area contributed by atoms with E-state index in [4.69, 9.17) is 0 Å². The first-order chi connectivity index (χ1) is 7.15. The molecular weight excluding hydrogens is 182 g/mol. The highest BCUT2D eigenvalue weighted by atomic mass is 15.0. The second-order valence-electron chi connectivity index (χ2n) is 5.05. The third-order valence-corrected chi connectivity index (χ3v) is 3.24. The molecule has 2 unspecified atom stereocenters. The monoisotopic (exact) mass is 213 g/mol. The van der Waals surface area contributed by atoms with E-state index in [2.05, 4.69) is 39.9 Å². The van der Waals surface area contributed by atoms with Crippen LogP contribution in [0.4, 0.5) is 0 Å². The van der Waals surface area contributed by atoms with Gasteiger partial charge >= 0.3 is 0 Å². The summed E-state index contributed by atoms with van der Waals surface area (Å²) in [6, 6.07) is 1.46. The van der Waals surface area contributed by atoms with Crippen LogP contribution in [0.1, 0.15) is 73.1 Å². The maximum Gasteiger partial charge on any atom is 0.00900 e. The zero-order valence-corrected chi connectivity index (χ0v) is 11.5. The minimum Gasteiger partial charge on any atom is -0.311 e. The van der Waals surface area contributed by atoms with Crippen LogP contribution >= 0.6 is 0 Å². The van der Waals surface area contributed by atoms with Gasteiger partial charge in [-0.2, -0.15) is 0 Å². The number of unbranched alkanes of at least 4 members (excludes halogenated alkanes) is 1. The summed E-state index contributed by atoms with van der Waals surface area (Å²) in [6.45, 7) is 11.5. The quantitative estimate of drug-likeness (QED) is 0.600. The smallest absolute Gasteiger partial charge is 0.00900 e. The van der Waals surface area contributed by atoms with Crippen molar-refractivity contribution in [2.75, 3.05) is 0 Å². The summed E-state index contributed by atoms with van der Waals surface area (Å²) in [7, 11) is 0. The van der Waals surface area contributed by atoms with E-state index < -0.39 is 0 Å². The molecule has 92 valence electrons. The maximum absolute atomic E-state index is 3.84. The lowest BCUT2D eigenvalue weighted by molar-refractivity contribution is 0.316. The Labute approximate surface area is 97.0 Å². The summed E-state index contributed by atoms with van der Waals surface area (Å²) in [5, 5.41) is 3.84. The Hall–Kier alpha value is -0.0400. The molecule has 0 amide bonds. The van der Waals surface area contributed by atoms with Crippen molar-refractivity contribution in [1.29, 1.82) is 0 Å². The summed E-state index contributed by atoms with van der Waals surface area (Å²) in [5.74, 6) is 0.760. The Morgan fingerprint density at radius 3 is 2.00 bits per heavy atom. The summed E-state index contributed by atoms with van der Waals surface area (Å²) in [5.41, 5.74) is 0. The zero-order chi connectivity index (χ0) is 11.7. The van der Waals surface area contributed by atoms with Crippen LogP contribution in [0, 0.1) is 5.92 Å². The molecule has 15 heavy (non-hydrogen) atoms. The Bertz CT molecular complexity index is 131. The topological polar surface area (TPSA) is 12.0 Å². The van der Waals surface area contributed by atoms with Crippen molar-refractivity contribution in [3.8, 4) is 0 Å². The predicted octanol–water partition coefficient (Wildman–Crippen LogP) is 4.37. The fourth-order valence-electron chi connectivity index (χ4n) is 2.19. The van der Waals surface area contributed by atoms with Gasteiger partial charge in [-0.1, -0.05) is 53.9 Å². The van der Waals surface area contributed by atoms with Gasteiger partial charge in [-0.15, -0.1) is 0 Å². The number of hydrogen-bond donors (Lipinski definition) is 1. The molecule has 0 rings (SSSR count). The normalized spacial score (nSPS) is 15.6. The van der Waals surface area contributed by atoms with Crippen LogP contribution in [0.3, 0.4) is 0 Å². The highest BCUT2D eigenvalue weighted by molar-refractivity contribution is 4.75. The zero-order valence-electron chi connectivity index (χ0n) is 11.5. The molecule has 0 aliphatic carbocycles. The minimum absolute atomic E-state index is 0.707. The third kappa shape index (κ3) is 6.94. The molecule has 0 aromatic heterocycles. The van der Waals surface area contributed by atoms with Crippen LogP contribution in [0.15, 0.2) is 0 Å². The van der Waals surface area contributed by atoms with Crippen molar-refractivity contribution in [3.05, 3.63) is 0 Å². The Kier molecular flexibility index (Phi) is 9.18. The average molecular weight is 213 g/mol. The van der Waals surface area contributed by atoms with E-state index in [9.17, 15) is 0 Å². The van der Waals surface area contributed by atoms with Crippen LogP contribution in [0.2, 0.25) is 0 Å². The van der Waals surface area contributed by atoms with Gasteiger partial charge in [-0.05, 0) is 25.2 Å². The number of rotatable bonds is 9. The molecule has 0 radical (unpaired) electrons. The first kappa shape index (κ1) is 15.0. The van der Waals surface area contributed by atoms with Crippen molar-refractivity contribution < 1.29 is 0 Å². The lowest BCUT2D eigenvalue weighted by Gasteiger charge is -2.27. The lowest BCUT2D eigenvalue weighted by Crippen LogP contribution is -2.41. The van der Waals surface area contributed by atoms with E-state index in [0.29, 0.717) is 6.04 Å². The molecule has 0 aromatic carbocycles. The predicted molar refractivity (Wildman–Crippen MR) is 70.3 cm³/mol. The largest absolute Gasteiger partial charge is 0.311 e. The molecule has 0 aliphatic heterocycles. The van der Waals surface area contributed by atoms with E-state index in [1.54, 1.807) is 0 Å². The van der Waals surface area contributed by atoms with E-state index in [1.165, 1.54) is 38.5 Å². The molecule has 0 aliphatic rings. The van der Waals surface area contributed by atoms with Crippen LogP contribution < -0.4 is 5.32 Å². The molecular formula is C14H31N. The van der Waals surface area contributed by atoms with E-state index >= 15 is 0 Å². The second kappa shape index (κ2) is 9.21. The van der Waals surface area contributed by atoms with E-state index in [1.807, 2.05) is 0 Å². The minimum atomic E-state index is 0.707. The molecule has 1 heteroatoms. The second-order valence-corrected chi connectivity index (χ2v) is 5.05. The standard InChI is InChI=1S/C14H31N/c1-6-9-11-13(10-7-2)15-14(8-3)12(4)5/h12-15H,6-11H2,1-5H3. The van der Waals surface area contributed by atoms with Gasteiger partial charge in [-0.25, -0.2) is 0 Å². The van der Waals surface area contributed by atoms with Crippen molar-refractivity contribution >= 4 is 0 Å². The molecule has 1 nitrogen and oxygen atoms in total. The van der Waals surface area contributed by atoms with Gasteiger partial charge in [0.2, 0.25) is 0 Å². The van der Waals surface area contributed by atoms with Crippen molar-refractivity contribution in [3.63, 3.8) is 0 Å². The Morgan fingerprint density at radius 1 is 0.933 bits per heavy atom. The van der Waals surface area contributed by atoms with Crippen LogP contribution in [0.25, 0.3) is 0 Å². The highest BCUT2D eigenvalue weighted by Crippen LogP contribution is 2.12. The molecule has 0 fully saturated rings.